The van der Waals surface area contributed by atoms with E-state index in [9.17, 15) is 4.79 Å². The molecule has 132 valence electrons. The normalized spacial score (nSPS) is 13.7. The maximum absolute atomic E-state index is 13.1. The zero-order valence-corrected chi connectivity index (χ0v) is 15.6. The Hall–Kier alpha value is -2.33. The van der Waals surface area contributed by atoms with Crippen LogP contribution in [0.5, 0.6) is 0 Å². The molecule has 0 saturated heterocycles. The number of thioether (sulfide) groups is 1. The predicted octanol–water partition coefficient (Wildman–Crippen LogP) is 5.29. The summed E-state index contributed by atoms with van der Waals surface area (Å²) >= 11 is 1.76. The average Bonchev–Trinajstić information content (AvgIpc) is 3.42. The summed E-state index contributed by atoms with van der Waals surface area (Å²) in [5.74, 6) is 1.16. The van der Waals surface area contributed by atoms with Crippen LogP contribution < -0.4 is 0 Å². The molecule has 4 heteroatoms. The van der Waals surface area contributed by atoms with Crippen LogP contribution in [0.3, 0.4) is 0 Å². The van der Waals surface area contributed by atoms with Gasteiger partial charge in [-0.1, -0.05) is 47.6 Å². The van der Waals surface area contributed by atoms with Crippen LogP contribution in [0.15, 0.2) is 64.1 Å². The smallest absolute Gasteiger partial charge is 0.198 e. The molecular formula is C22H21NO2S. The first kappa shape index (κ1) is 17.1. The number of ketones is 1. The Kier molecular flexibility index (Phi) is 4.93. The van der Waals surface area contributed by atoms with E-state index in [1.807, 2.05) is 18.2 Å². The molecule has 0 N–H and O–H groups in total. The first-order chi connectivity index (χ1) is 12.8. The van der Waals surface area contributed by atoms with Crippen molar-refractivity contribution in [3.8, 4) is 0 Å². The van der Waals surface area contributed by atoms with Gasteiger partial charge in [-0.25, -0.2) is 0 Å². The van der Waals surface area contributed by atoms with Crippen molar-refractivity contribution in [1.82, 2.24) is 5.16 Å². The van der Waals surface area contributed by atoms with Crippen LogP contribution in [0.2, 0.25) is 0 Å². The van der Waals surface area contributed by atoms with Gasteiger partial charge in [-0.2, -0.15) is 0 Å². The van der Waals surface area contributed by atoms with Crippen LogP contribution in [-0.4, -0.2) is 17.2 Å². The first-order valence-corrected chi connectivity index (χ1v) is 10.2. The van der Waals surface area contributed by atoms with Crippen molar-refractivity contribution in [1.29, 1.82) is 0 Å². The average molecular weight is 363 g/mol. The lowest BCUT2D eigenvalue weighted by Crippen LogP contribution is -2.07. The second kappa shape index (κ2) is 7.50. The molecule has 0 bridgehead atoms. The van der Waals surface area contributed by atoms with Gasteiger partial charge in [0.05, 0.1) is 11.8 Å². The molecule has 1 aliphatic carbocycles. The van der Waals surface area contributed by atoms with Gasteiger partial charge in [-0.05, 0) is 49.1 Å². The van der Waals surface area contributed by atoms with E-state index in [1.165, 1.54) is 10.5 Å². The maximum Gasteiger partial charge on any atom is 0.198 e. The highest BCUT2D eigenvalue weighted by Crippen LogP contribution is 2.42. The minimum Gasteiger partial charge on any atom is -0.360 e. The van der Waals surface area contributed by atoms with Crippen molar-refractivity contribution >= 4 is 17.5 Å². The Labute approximate surface area is 157 Å². The van der Waals surface area contributed by atoms with Gasteiger partial charge in [0.15, 0.2) is 11.5 Å². The van der Waals surface area contributed by atoms with Gasteiger partial charge in [0.25, 0.3) is 0 Å². The Bertz CT molecular complexity index is 927. The number of carbonyl (C=O) groups is 1. The van der Waals surface area contributed by atoms with E-state index in [0.717, 1.165) is 42.6 Å². The van der Waals surface area contributed by atoms with E-state index < -0.39 is 0 Å². The molecule has 26 heavy (non-hydrogen) atoms. The number of nitrogens with zero attached hydrogens (tertiary/aromatic N) is 1. The van der Waals surface area contributed by atoms with Gasteiger partial charge in [0.2, 0.25) is 0 Å². The Balaban J connectivity index is 1.58. The number of hydrogen-bond donors (Lipinski definition) is 0. The fourth-order valence-corrected chi connectivity index (χ4v) is 3.99. The van der Waals surface area contributed by atoms with Crippen LogP contribution in [0, 0.1) is 0 Å². The lowest BCUT2D eigenvalue weighted by molar-refractivity contribution is 0.103. The van der Waals surface area contributed by atoms with Crippen LogP contribution in [-0.2, 0) is 12.8 Å². The summed E-state index contributed by atoms with van der Waals surface area (Å²) in [5.41, 5.74) is 3.80. The van der Waals surface area contributed by atoms with Crippen molar-refractivity contribution in [3.05, 3.63) is 82.7 Å². The van der Waals surface area contributed by atoms with Crippen molar-refractivity contribution in [2.45, 2.75) is 36.5 Å². The second-order valence-corrected chi connectivity index (χ2v) is 7.52. The lowest BCUT2D eigenvalue weighted by atomic mass is 9.94. The molecule has 3 nitrogen and oxygen atoms in total. The summed E-state index contributed by atoms with van der Waals surface area (Å²) in [5, 5.41) is 3.88. The van der Waals surface area contributed by atoms with E-state index in [0.29, 0.717) is 11.5 Å². The Morgan fingerprint density at radius 2 is 1.73 bits per heavy atom. The van der Waals surface area contributed by atoms with Crippen LogP contribution >= 0.6 is 11.8 Å². The molecule has 0 radical (unpaired) electrons. The SMILES string of the molecule is CSc1ccccc1CCc1ccccc1C(=O)c1cnoc1C1CC1. The molecule has 0 spiro atoms. The van der Waals surface area contributed by atoms with Crippen LogP contribution in [0.4, 0.5) is 0 Å². The summed E-state index contributed by atoms with van der Waals surface area (Å²) in [4.78, 5) is 14.4. The van der Waals surface area contributed by atoms with E-state index in [2.05, 4.69) is 41.7 Å². The fourth-order valence-electron chi connectivity index (χ4n) is 3.34. The van der Waals surface area contributed by atoms with Gasteiger partial charge >= 0.3 is 0 Å². The molecule has 1 fully saturated rings. The van der Waals surface area contributed by atoms with Crippen molar-refractivity contribution in [2.24, 2.45) is 0 Å². The molecule has 3 aromatic rings. The molecule has 1 saturated carbocycles. The minimum atomic E-state index is 0.0295. The topological polar surface area (TPSA) is 43.1 Å². The number of aromatic nitrogens is 1. The van der Waals surface area contributed by atoms with Gasteiger partial charge in [-0.3, -0.25) is 4.79 Å². The maximum atomic E-state index is 13.1. The van der Waals surface area contributed by atoms with E-state index in [4.69, 9.17) is 4.52 Å². The van der Waals surface area contributed by atoms with Crippen molar-refractivity contribution < 1.29 is 9.32 Å². The molecule has 0 atom stereocenters. The molecule has 4 rings (SSSR count). The van der Waals surface area contributed by atoms with E-state index >= 15 is 0 Å². The minimum absolute atomic E-state index is 0.0295. The largest absolute Gasteiger partial charge is 0.360 e. The molecule has 2 aromatic carbocycles. The third kappa shape index (κ3) is 3.47. The van der Waals surface area contributed by atoms with E-state index in [1.54, 1.807) is 18.0 Å². The molecule has 0 unspecified atom stereocenters. The predicted molar refractivity (Wildman–Crippen MR) is 104 cm³/mol. The highest BCUT2D eigenvalue weighted by molar-refractivity contribution is 7.98. The van der Waals surface area contributed by atoms with E-state index in [-0.39, 0.29) is 5.78 Å². The zero-order chi connectivity index (χ0) is 17.9. The summed E-state index contributed by atoms with van der Waals surface area (Å²) in [6.45, 7) is 0. The highest BCUT2D eigenvalue weighted by Gasteiger charge is 2.33. The van der Waals surface area contributed by atoms with Crippen molar-refractivity contribution in [2.75, 3.05) is 6.26 Å². The number of rotatable bonds is 7. The van der Waals surface area contributed by atoms with Crippen LogP contribution in [0.1, 0.15) is 51.6 Å². The summed E-state index contributed by atoms with van der Waals surface area (Å²) in [6, 6.07) is 16.4. The molecule has 1 heterocycles. The number of aryl methyl sites for hydroxylation is 2. The summed E-state index contributed by atoms with van der Waals surface area (Å²) < 4.78 is 5.36. The molecule has 1 aliphatic rings. The van der Waals surface area contributed by atoms with Gasteiger partial charge in [-0.15, -0.1) is 11.8 Å². The lowest BCUT2D eigenvalue weighted by Gasteiger charge is -2.10. The molecule has 0 amide bonds. The molecule has 0 aliphatic heterocycles. The quantitative estimate of drug-likeness (QED) is 0.422. The number of hydrogen-bond acceptors (Lipinski definition) is 4. The number of carbonyl (C=O) groups excluding carboxylic acids is 1. The summed E-state index contributed by atoms with van der Waals surface area (Å²) in [7, 11) is 0. The van der Waals surface area contributed by atoms with Gasteiger partial charge < -0.3 is 4.52 Å². The second-order valence-electron chi connectivity index (χ2n) is 6.68. The number of benzene rings is 2. The molecular weight excluding hydrogens is 342 g/mol. The highest BCUT2D eigenvalue weighted by atomic mass is 32.2. The van der Waals surface area contributed by atoms with Gasteiger partial charge in [0, 0.05) is 16.4 Å². The monoisotopic (exact) mass is 363 g/mol. The fraction of sp³-hybridized carbons (Fsp3) is 0.273. The van der Waals surface area contributed by atoms with Gasteiger partial charge in [0.1, 0.15) is 0 Å². The third-order valence-corrected chi connectivity index (χ3v) is 5.75. The van der Waals surface area contributed by atoms with Crippen LogP contribution in [0.25, 0.3) is 0 Å². The zero-order valence-electron chi connectivity index (χ0n) is 14.8. The molecule has 1 aromatic heterocycles. The first-order valence-electron chi connectivity index (χ1n) is 8.97. The Morgan fingerprint density at radius 3 is 2.50 bits per heavy atom. The van der Waals surface area contributed by atoms with Crippen molar-refractivity contribution in [3.63, 3.8) is 0 Å². The standard InChI is InChI=1S/C22H21NO2S/c1-26-20-9-5-3-7-16(20)11-10-15-6-2-4-8-18(15)21(24)19-14-23-25-22(19)17-12-13-17/h2-9,14,17H,10-13H2,1H3. The third-order valence-electron chi connectivity index (χ3n) is 4.91. The summed E-state index contributed by atoms with van der Waals surface area (Å²) in [6.07, 6.45) is 7.60. The Morgan fingerprint density at radius 1 is 1.04 bits per heavy atom.